The third-order valence-corrected chi connectivity index (χ3v) is 2.77. The minimum atomic E-state index is -0.466. The standard InChI is InChI=1S/C14H17N3O2/c1-5-10(2)16-13(18)17-9-14(3,4)19-11-7-6-8-15-12(11)17/h1,6-8,10H,9H2,2-4H3,(H,16,18). The average Bonchev–Trinajstić information content (AvgIpc) is 2.36. The summed E-state index contributed by atoms with van der Waals surface area (Å²) in [6.07, 6.45) is 6.90. The molecule has 0 aliphatic carbocycles. The highest BCUT2D eigenvalue weighted by Gasteiger charge is 2.35. The number of nitrogens with zero attached hydrogens (tertiary/aromatic N) is 2. The van der Waals surface area contributed by atoms with Gasteiger partial charge < -0.3 is 10.1 Å². The highest BCUT2D eigenvalue weighted by molar-refractivity contribution is 5.93. The van der Waals surface area contributed by atoms with E-state index in [9.17, 15) is 4.79 Å². The van der Waals surface area contributed by atoms with Gasteiger partial charge in [0.25, 0.3) is 0 Å². The lowest BCUT2D eigenvalue weighted by molar-refractivity contribution is 0.105. The lowest BCUT2D eigenvalue weighted by Crippen LogP contribution is -2.53. The van der Waals surface area contributed by atoms with Crippen molar-refractivity contribution in [1.29, 1.82) is 0 Å². The van der Waals surface area contributed by atoms with Crippen molar-refractivity contribution in [1.82, 2.24) is 10.3 Å². The number of anilines is 1. The summed E-state index contributed by atoms with van der Waals surface area (Å²) in [6.45, 7) is 6.02. The van der Waals surface area contributed by atoms with E-state index in [2.05, 4.69) is 16.2 Å². The Balaban J connectivity index is 2.30. The van der Waals surface area contributed by atoms with Gasteiger partial charge in [0.1, 0.15) is 5.60 Å². The summed E-state index contributed by atoms with van der Waals surface area (Å²) in [5.74, 6) is 3.59. The summed E-state index contributed by atoms with van der Waals surface area (Å²) in [4.78, 5) is 18.0. The number of ether oxygens (including phenoxy) is 1. The summed E-state index contributed by atoms with van der Waals surface area (Å²) in [7, 11) is 0. The van der Waals surface area contributed by atoms with Crippen LogP contribution in [0.15, 0.2) is 18.3 Å². The molecule has 19 heavy (non-hydrogen) atoms. The number of carbonyl (C=O) groups excluding carboxylic acids is 1. The van der Waals surface area contributed by atoms with Crippen molar-refractivity contribution in [2.24, 2.45) is 0 Å². The molecule has 0 radical (unpaired) electrons. The van der Waals surface area contributed by atoms with E-state index in [1.54, 1.807) is 30.2 Å². The highest BCUT2D eigenvalue weighted by Crippen LogP contribution is 2.34. The summed E-state index contributed by atoms with van der Waals surface area (Å²) < 4.78 is 5.81. The van der Waals surface area contributed by atoms with E-state index in [0.29, 0.717) is 18.1 Å². The van der Waals surface area contributed by atoms with Crippen LogP contribution in [-0.2, 0) is 0 Å². The van der Waals surface area contributed by atoms with Gasteiger partial charge in [0.15, 0.2) is 11.6 Å². The van der Waals surface area contributed by atoms with Crippen LogP contribution in [0, 0.1) is 12.3 Å². The van der Waals surface area contributed by atoms with E-state index < -0.39 is 5.60 Å². The molecule has 2 rings (SSSR count). The van der Waals surface area contributed by atoms with Crippen molar-refractivity contribution in [3.63, 3.8) is 0 Å². The van der Waals surface area contributed by atoms with Gasteiger partial charge in [0.2, 0.25) is 0 Å². The molecule has 0 fully saturated rings. The number of hydrogen-bond donors (Lipinski definition) is 1. The Morgan fingerprint density at radius 2 is 2.42 bits per heavy atom. The molecule has 0 saturated carbocycles. The van der Waals surface area contributed by atoms with E-state index in [1.165, 1.54) is 0 Å². The molecule has 1 atom stereocenters. The minimum Gasteiger partial charge on any atom is -0.482 e. The maximum Gasteiger partial charge on any atom is 0.324 e. The first kappa shape index (κ1) is 13.2. The summed E-state index contributed by atoms with van der Waals surface area (Å²) >= 11 is 0. The van der Waals surface area contributed by atoms with Gasteiger partial charge in [-0.3, -0.25) is 4.90 Å². The molecule has 0 aromatic carbocycles. The normalized spacial score (nSPS) is 17.7. The number of fused-ring (bicyclic) bond motifs is 1. The van der Waals surface area contributed by atoms with Crippen LogP contribution in [0.25, 0.3) is 0 Å². The number of carbonyl (C=O) groups is 1. The van der Waals surface area contributed by atoms with E-state index in [-0.39, 0.29) is 12.1 Å². The predicted molar refractivity (Wildman–Crippen MR) is 73.1 cm³/mol. The van der Waals surface area contributed by atoms with Crippen molar-refractivity contribution in [2.75, 3.05) is 11.4 Å². The summed E-state index contributed by atoms with van der Waals surface area (Å²) in [6, 6.07) is 2.99. The summed E-state index contributed by atoms with van der Waals surface area (Å²) in [5.41, 5.74) is -0.466. The largest absolute Gasteiger partial charge is 0.482 e. The van der Waals surface area contributed by atoms with Crippen LogP contribution in [0.2, 0.25) is 0 Å². The van der Waals surface area contributed by atoms with Crippen LogP contribution in [0.3, 0.4) is 0 Å². The van der Waals surface area contributed by atoms with Crippen LogP contribution in [-0.4, -0.2) is 29.2 Å². The molecule has 1 aliphatic rings. The molecule has 1 unspecified atom stereocenters. The molecular weight excluding hydrogens is 242 g/mol. The zero-order valence-electron chi connectivity index (χ0n) is 11.3. The van der Waals surface area contributed by atoms with Gasteiger partial charge in [-0.2, -0.15) is 0 Å². The van der Waals surface area contributed by atoms with Crippen LogP contribution < -0.4 is 15.0 Å². The predicted octanol–water partition coefficient (Wildman–Crippen LogP) is 1.79. The fourth-order valence-electron chi connectivity index (χ4n) is 1.92. The smallest absolute Gasteiger partial charge is 0.324 e. The zero-order valence-corrected chi connectivity index (χ0v) is 11.3. The first-order chi connectivity index (χ1) is 8.93. The van der Waals surface area contributed by atoms with Crippen molar-refractivity contribution < 1.29 is 9.53 Å². The maximum absolute atomic E-state index is 12.2. The van der Waals surface area contributed by atoms with Crippen molar-refractivity contribution >= 4 is 11.8 Å². The molecule has 5 heteroatoms. The number of amides is 2. The Kier molecular flexibility index (Phi) is 3.34. The van der Waals surface area contributed by atoms with Crippen molar-refractivity contribution in [3.05, 3.63) is 18.3 Å². The second-order valence-electron chi connectivity index (χ2n) is 5.11. The monoisotopic (exact) mass is 259 g/mol. The van der Waals surface area contributed by atoms with Crippen LogP contribution in [0.5, 0.6) is 5.75 Å². The van der Waals surface area contributed by atoms with Crippen LogP contribution >= 0.6 is 0 Å². The van der Waals surface area contributed by atoms with Gasteiger partial charge in [-0.25, -0.2) is 9.78 Å². The Labute approximate surface area is 113 Å². The van der Waals surface area contributed by atoms with E-state index in [4.69, 9.17) is 11.2 Å². The van der Waals surface area contributed by atoms with Gasteiger partial charge in [-0.15, -0.1) is 6.42 Å². The molecule has 100 valence electrons. The zero-order chi connectivity index (χ0) is 14.0. The molecule has 0 saturated heterocycles. The number of pyridine rings is 1. The Hall–Kier alpha value is -2.22. The molecule has 1 aromatic heterocycles. The molecule has 0 spiro atoms. The average molecular weight is 259 g/mol. The molecule has 5 nitrogen and oxygen atoms in total. The molecule has 2 amide bonds. The van der Waals surface area contributed by atoms with Crippen molar-refractivity contribution in [2.45, 2.75) is 32.4 Å². The third-order valence-electron chi connectivity index (χ3n) is 2.77. The fourth-order valence-corrected chi connectivity index (χ4v) is 1.92. The minimum absolute atomic E-state index is 0.262. The second kappa shape index (κ2) is 4.81. The second-order valence-corrected chi connectivity index (χ2v) is 5.11. The summed E-state index contributed by atoms with van der Waals surface area (Å²) in [5, 5.41) is 2.73. The number of terminal acetylenes is 1. The third kappa shape index (κ3) is 2.79. The number of hydrogen-bond acceptors (Lipinski definition) is 3. The first-order valence-electron chi connectivity index (χ1n) is 6.11. The lowest BCUT2D eigenvalue weighted by atomic mass is 10.1. The molecule has 1 aliphatic heterocycles. The topological polar surface area (TPSA) is 54.5 Å². The molecule has 1 N–H and O–H groups in total. The number of aromatic nitrogens is 1. The number of urea groups is 1. The van der Waals surface area contributed by atoms with Crippen LogP contribution in [0.4, 0.5) is 10.6 Å². The van der Waals surface area contributed by atoms with Gasteiger partial charge in [0.05, 0.1) is 12.6 Å². The first-order valence-corrected chi connectivity index (χ1v) is 6.11. The quantitative estimate of drug-likeness (QED) is 0.782. The number of rotatable bonds is 1. The van der Waals surface area contributed by atoms with E-state index in [1.807, 2.05) is 13.8 Å². The fraction of sp³-hybridized carbons (Fsp3) is 0.429. The van der Waals surface area contributed by atoms with Crippen molar-refractivity contribution in [3.8, 4) is 18.1 Å². The lowest BCUT2D eigenvalue weighted by Gasteiger charge is -2.38. The molecule has 0 bridgehead atoms. The Bertz CT molecular complexity index is 534. The number of nitrogens with one attached hydrogen (secondary N) is 1. The SMILES string of the molecule is C#CC(C)NC(=O)N1CC(C)(C)Oc2cccnc21. The van der Waals surface area contributed by atoms with Crippen LogP contribution in [0.1, 0.15) is 20.8 Å². The van der Waals surface area contributed by atoms with E-state index in [0.717, 1.165) is 0 Å². The van der Waals surface area contributed by atoms with Gasteiger partial charge in [-0.1, -0.05) is 5.92 Å². The van der Waals surface area contributed by atoms with E-state index >= 15 is 0 Å². The molecule has 1 aromatic rings. The molecule has 2 heterocycles. The maximum atomic E-state index is 12.2. The Morgan fingerprint density at radius 3 is 3.11 bits per heavy atom. The molecular formula is C14H17N3O2. The van der Waals surface area contributed by atoms with Gasteiger partial charge in [0, 0.05) is 6.20 Å². The highest BCUT2D eigenvalue weighted by atomic mass is 16.5. The van der Waals surface area contributed by atoms with Gasteiger partial charge in [-0.05, 0) is 32.9 Å². The Morgan fingerprint density at radius 1 is 1.68 bits per heavy atom. The van der Waals surface area contributed by atoms with Gasteiger partial charge >= 0.3 is 6.03 Å².